The average Bonchev–Trinajstić information content (AvgIpc) is 2.34. The van der Waals surface area contributed by atoms with E-state index in [4.69, 9.17) is 51.1 Å². The average molecular weight is 349 g/mol. The largest absolute Gasteiger partial charge is 0.495 e. The third-order valence-electron chi connectivity index (χ3n) is 2.44. The lowest BCUT2D eigenvalue weighted by Crippen LogP contribution is -1.92. The number of aliphatic imine (C=N–C) groups is 1. The first-order valence-electron chi connectivity index (χ1n) is 5.53. The number of nitrogens with zero attached hydrogens (tertiary/aromatic N) is 1. The van der Waals surface area contributed by atoms with Crippen molar-refractivity contribution in [3.63, 3.8) is 0 Å². The molecular weight excluding hydrogens is 340 g/mol. The molecule has 0 fully saturated rings. The van der Waals surface area contributed by atoms with Gasteiger partial charge in [0.05, 0.1) is 17.8 Å². The second-order valence-electron chi connectivity index (χ2n) is 3.90. The van der Waals surface area contributed by atoms with E-state index >= 15 is 0 Å². The Morgan fingerprint density at radius 1 is 0.900 bits per heavy atom. The van der Waals surface area contributed by atoms with Crippen molar-refractivity contribution in [1.29, 1.82) is 0 Å². The maximum absolute atomic E-state index is 6.05. The summed E-state index contributed by atoms with van der Waals surface area (Å²) in [7, 11) is 1.53. The molecule has 0 bridgehead atoms. The van der Waals surface area contributed by atoms with Crippen LogP contribution in [0.5, 0.6) is 5.75 Å². The van der Waals surface area contributed by atoms with Crippen LogP contribution < -0.4 is 4.74 Å². The van der Waals surface area contributed by atoms with Gasteiger partial charge in [0, 0.05) is 26.8 Å². The predicted octanol–water partition coefficient (Wildman–Crippen LogP) is 6.06. The lowest BCUT2D eigenvalue weighted by atomic mass is 10.2. The predicted molar refractivity (Wildman–Crippen MR) is 86.7 cm³/mol. The minimum atomic E-state index is 0.422. The summed E-state index contributed by atoms with van der Waals surface area (Å²) in [5.41, 5.74) is 1.29. The molecular formula is C14H9Cl4NO. The summed E-state index contributed by atoms with van der Waals surface area (Å²) >= 11 is 23.9. The highest BCUT2D eigenvalue weighted by Gasteiger charge is 2.08. The molecule has 0 atom stereocenters. The third-order valence-corrected chi connectivity index (χ3v) is 3.38. The van der Waals surface area contributed by atoms with Gasteiger partial charge in [-0.1, -0.05) is 46.4 Å². The first kappa shape index (κ1) is 15.5. The maximum Gasteiger partial charge on any atom is 0.146 e. The van der Waals surface area contributed by atoms with Crippen LogP contribution in [0.15, 0.2) is 35.3 Å². The molecule has 0 aliphatic heterocycles. The fraction of sp³-hybridized carbons (Fsp3) is 0.0714. The fourth-order valence-corrected chi connectivity index (χ4v) is 2.75. The highest BCUT2D eigenvalue weighted by Crippen LogP contribution is 2.32. The normalized spacial score (nSPS) is 11.1. The van der Waals surface area contributed by atoms with Crippen molar-refractivity contribution < 1.29 is 4.74 Å². The SMILES string of the molecule is COc1c(Cl)cc(Cl)cc1C=Nc1cc(Cl)cc(Cl)c1. The second-order valence-corrected chi connectivity index (χ2v) is 5.61. The minimum Gasteiger partial charge on any atom is -0.495 e. The molecule has 20 heavy (non-hydrogen) atoms. The molecule has 2 nitrogen and oxygen atoms in total. The Morgan fingerprint density at radius 2 is 1.50 bits per heavy atom. The van der Waals surface area contributed by atoms with Crippen molar-refractivity contribution in [1.82, 2.24) is 0 Å². The quantitative estimate of drug-likeness (QED) is 0.618. The summed E-state index contributed by atoms with van der Waals surface area (Å²) in [5, 5.41) is 1.95. The van der Waals surface area contributed by atoms with Crippen LogP contribution in [0.1, 0.15) is 5.56 Å². The van der Waals surface area contributed by atoms with E-state index < -0.39 is 0 Å². The van der Waals surface area contributed by atoms with E-state index in [9.17, 15) is 0 Å². The van der Waals surface area contributed by atoms with Gasteiger partial charge in [-0.3, -0.25) is 4.99 Å². The minimum absolute atomic E-state index is 0.422. The lowest BCUT2D eigenvalue weighted by molar-refractivity contribution is 0.414. The molecule has 6 heteroatoms. The monoisotopic (exact) mass is 347 g/mol. The molecule has 2 rings (SSSR count). The van der Waals surface area contributed by atoms with Gasteiger partial charge >= 0.3 is 0 Å². The molecule has 104 valence electrons. The zero-order valence-corrected chi connectivity index (χ0v) is 13.4. The second kappa shape index (κ2) is 6.68. The van der Waals surface area contributed by atoms with Crippen molar-refractivity contribution in [2.45, 2.75) is 0 Å². The highest BCUT2D eigenvalue weighted by molar-refractivity contribution is 6.36. The molecule has 0 radical (unpaired) electrons. The van der Waals surface area contributed by atoms with E-state index in [1.165, 1.54) is 7.11 Å². The number of hydrogen-bond acceptors (Lipinski definition) is 2. The van der Waals surface area contributed by atoms with E-state index in [1.54, 1.807) is 36.5 Å². The van der Waals surface area contributed by atoms with E-state index in [2.05, 4.69) is 4.99 Å². The summed E-state index contributed by atoms with van der Waals surface area (Å²) in [6.45, 7) is 0. The lowest BCUT2D eigenvalue weighted by Gasteiger charge is -2.07. The van der Waals surface area contributed by atoms with Crippen LogP contribution in [-0.2, 0) is 0 Å². The molecule has 0 unspecified atom stereocenters. The van der Waals surface area contributed by atoms with Crippen molar-refractivity contribution in [2.24, 2.45) is 4.99 Å². The number of halogens is 4. The van der Waals surface area contributed by atoms with E-state index in [0.717, 1.165) is 0 Å². The van der Waals surface area contributed by atoms with E-state index in [-0.39, 0.29) is 0 Å². The summed E-state index contributed by atoms with van der Waals surface area (Å²) < 4.78 is 5.23. The Balaban J connectivity index is 2.40. The number of rotatable bonds is 3. The number of ether oxygens (including phenoxy) is 1. The molecule has 0 aromatic heterocycles. The summed E-state index contributed by atoms with van der Waals surface area (Å²) in [4.78, 5) is 4.30. The Bertz CT molecular complexity index is 650. The number of benzene rings is 2. The first-order valence-corrected chi connectivity index (χ1v) is 7.04. The van der Waals surface area contributed by atoms with Gasteiger partial charge < -0.3 is 4.74 Å². The summed E-state index contributed by atoms with van der Waals surface area (Å²) in [5.74, 6) is 0.507. The maximum atomic E-state index is 6.05. The molecule has 0 spiro atoms. The zero-order valence-electron chi connectivity index (χ0n) is 10.3. The smallest absolute Gasteiger partial charge is 0.146 e. The van der Waals surface area contributed by atoms with Gasteiger partial charge in [0.1, 0.15) is 5.75 Å². The molecule has 0 heterocycles. The fourth-order valence-electron chi connectivity index (χ4n) is 1.65. The molecule has 0 saturated heterocycles. The van der Waals surface area contributed by atoms with Crippen LogP contribution in [0.25, 0.3) is 0 Å². The van der Waals surface area contributed by atoms with Gasteiger partial charge in [0.25, 0.3) is 0 Å². The van der Waals surface area contributed by atoms with Crippen LogP contribution in [0.4, 0.5) is 5.69 Å². The Morgan fingerprint density at radius 3 is 2.10 bits per heavy atom. The van der Waals surface area contributed by atoms with Crippen LogP contribution in [0, 0.1) is 0 Å². The van der Waals surface area contributed by atoms with E-state index in [1.807, 2.05) is 0 Å². The molecule has 0 N–H and O–H groups in total. The van der Waals surface area contributed by atoms with Gasteiger partial charge in [-0.15, -0.1) is 0 Å². The number of hydrogen-bond donors (Lipinski definition) is 0. The van der Waals surface area contributed by atoms with Crippen LogP contribution in [0.3, 0.4) is 0 Å². The summed E-state index contributed by atoms with van der Waals surface area (Å²) in [6.07, 6.45) is 1.60. The van der Waals surface area contributed by atoms with Gasteiger partial charge in [-0.2, -0.15) is 0 Å². The zero-order chi connectivity index (χ0) is 14.7. The highest BCUT2D eigenvalue weighted by atomic mass is 35.5. The Labute approximate surface area is 136 Å². The molecule has 0 aliphatic rings. The number of methoxy groups -OCH3 is 1. The molecule has 2 aromatic rings. The van der Waals surface area contributed by atoms with Gasteiger partial charge in [0.15, 0.2) is 0 Å². The molecule has 0 aliphatic carbocycles. The molecule has 2 aromatic carbocycles. The van der Waals surface area contributed by atoms with Gasteiger partial charge in [-0.25, -0.2) is 0 Å². The van der Waals surface area contributed by atoms with Crippen molar-refractivity contribution in [3.05, 3.63) is 56.0 Å². The standard InChI is InChI=1S/C14H9Cl4NO/c1-20-14-8(2-9(15)6-13(14)18)7-19-12-4-10(16)3-11(17)5-12/h2-7H,1H3. The summed E-state index contributed by atoms with van der Waals surface area (Å²) in [6, 6.07) is 8.35. The third kappa shape index (κ3) is 3.80. The molecule has 0 amide bonds. The Hall–Kier alpha value is -0.930. The first-order chi connectivity index (χ1) is 9.49. The van der Waals surface area contributed by atoms with Crippen LogP contribution in [0.2, 0.25) is 20.1 Å². The van der Waals surface area contributed by atoms with Crippen molar-refractivity contribution in [2.75, 3.05) is 7.11 Å². The van der Waals surface area contributed by atoms with Crippen molar-refractivity contribution >= 4 is 58.3 Å². The topological polar surface area (TPSA) is 21.6 Å². The van der Waals surface area contributed by atoms with E-state index in [0.29, 0.717) is 37.1 Å². The van der Waals surface area contributed by atoms with Crippen molar-refractivity contribution in [3.8, 4) is 5.75 Å². The van der Waals surface area contributed by atoms with Crippen LogP contribution in [-0.4, -0.2) is 13.3 Å². The Kier molecular flexibility index (Phi) is 5.17. The molecule has 0 saturated carbocycles. The van der Waals surface area contributed by atoms with Gasteiger partial charge in [0.2, 0.25) is 0 Å². The van der Waals surface area contributed by atoms with Crippen LogP contribution >= 0.6 is 46.4 Å². The van der Waals surface area contributed by atoms with Gasteiger partial charge in [-0.05, 0) is 30.3 Å².